The number of hydrogen-bond acceptors (Lipinski definition) is 5. The fourth-order valence-electron chi connectivity index (χ4n) is 3.20. The van der Waals surface area contributed by atoms with Gasteiger partial charge in [-0.05, 0) is 31.0 Å². The number of hydrogen-bond donors (Lipinski definition) is 1. The van der Waals surface area contributed by atoms with Crippen LogP contribution in [0.2, 0.25) is 0 Å². The van der Waals surface area contributed by atoms with Crippen LogP contribution in [0.4, 0.5) is 24.0 Å². The van der Waals surface area contributed by atoms with Gasteiger partial charge in [0.15, 0.2) is 5.13 Å². The van der Waals surface area contributed by atoms with E-state index in [1.807, 2.05) is 0 Å². The summed E-state index contributed by atoms with van der Waals surface area (Å²) in [6.07, 6.45) is -3.66. The molecule has 0 aliphatic carbocycles. The second-order valence-electron chi connectivity index (χ2n) is 7.01. The molecular weight excluding hydrogens is 433 g/mol. The Morgan fingerprint density at radius 2 is 2.10 bits per heavy atom. The van der Waals surface area contributed by atoms with Crippen LogP contribution in [0.25, 0.3) is 0 Å². The minimum atomic E-state index is -4.94. The van der Waals surface area contributed by atoms with E-state index in [1.165, 1.54) is 24.3 Å². The summed E-state index contributed by atoms with van der Waals surface area (Å²) in [4.78, 5) is 42.3. The van der Waals surface area contributed by atoms with Crippen molar-refractivity contribution >= 4 is 39.9 Å². The van der Waals surface area contributed by atoms with Crippen molar-refractivity contribution < 1.29 is 27.6 Å². The van der Waals surface area contributed by atoms with Crippen LogP contribution in [0, 0.1) is 0 Å². The zero-order valence-corrected chi connectivity index (χ0v) is 17.6. The number of thiazole rings is 1. The summed E-state index contributed by atoms with van der Waals surface area (Å²) in [5, 5.41) is 4.98. The Hall–Kier alpha value is -2.95. The summed E-state index contributed by atoms with van der Waals surface area (Å²) in [7, 11) is 0. The first-order valence-electron chi connectivity index (χ1n) is 9.67. The summed E-state index contributed by atoms with van der Waals surface area (Å²) in [6, 6.07) is 6.32. The summed E-state index contributed by atoms with van der Waals surface area (Å²) >= 11 is 1.30. The Balaban J connectivity index is 1.60. The van der Waals surface area contributed by atoms with E-state index in [1.54, 1.807) is 28.5 Å². The summed E-state index contributed by atoms with van der Waals surface area (Å²) in [5.74, 6) is -2.23. The topological polar surface area (TPSA) is 82.6 Å². The van der Waals surface area contributed by atoms with Gasteiger partial charge in [-0.25, -0.2) is 4.98 Å². The Kier molecular flexibility index (Phi) is 6.94. The molecule has 1 aliphatic rings. The molecule has 31 heavy (non-hydrogen) atoms. The molecule has 3 rings (SSSR count). The molecule has 1 aromatic carbocycles. The first-order valence-corrected chi connectivity index (χ1v) is 10.5. The predicted octanol–water partition coefficient (Wildman–Crippen LogP) is 3.36. The molecule has 1 aliphatic heterocycles. The van der Waals surface area contributed by atoms with Crippen molar-refractivity contribution in [1.29, 1.82) is 0 Å². The van der Waals surface area contributed by atoms with Crippen LogP contribution in [0.5, 0.6) is 0 Å². The number of carbonyl (C=O) groups is 3. The molecule has 166 valence electrons. The predicted molar refractivity (Wildman–Crippen MR) is 110 cm³/mol. The van der Waals surface area contributed by atoms with Gasteiger partial charge in [-0.15, -0.1) is 11.3 Å². The molecule has 0 atom stereocenters. The number of nitrogens with one attached hydrogen (secondary N) is 1. The number of rotatable bonds is 7. The first-order chi connectivity index (χ1) is 14.7. The highest BCUT2D eigenvalue weighted by Crippen LogP contribution is 2.26. The molecular formula is C20H21F3N4O3S. The maximum absolute atomic E-state index is 12.7. The number of benzene rings is 1. The van der Waals surface area contributed by atoms with Crippen molar-refractivity contribution in [3.8, 4) is 0 Å². The van der Waals surface area contributed by atoms with Crippen LogP contribution < -0.4 is 10.2 Å². The zero-order valence-electron chi connectivity index (χ0n) is 16.7. The summed E-state index contributed by atoms with van der Waals surface area (Å²) in [6.45, 7) is 1.77. The van der Waals surface area contributed by atoms with Crippen molar-refractivity contribution in [2.24, 2.45) is 0 Å². The lowest BCUT2D eigenvalue weighted by atomic mass is 10.1. The molecule has 11 heteroatoms. The van der Waals surface area contributed by atoms with E-state index in [2.05, 4.69) is 10.3 Å². The Morgan fingerprint density at radius 1 is 1.32 bits per heavy atom. The molecule has 0 spiro atoms. The van der Waals surface area contributed by atoms with Gasteiger partial charge in [-0.1, -0.05) is 12.1 Å². The van der Waals surface area contributed by atoms with Crippen molar-refractivity contribution in [2.45, 2.75) is 38.9 Å². The van der Waals surface area contributed by atoms with Crippen molar-refractivity contribution in [2.75, 3.05) is 23.3 Å². The lowest BCUT2D eigenvalue weighted by Crippen LogP contribution is -2.40. The lowest BCUT2D eigenvalue weighted by Gasteiger charge is -2.22. The van der Waals surface area contributed by atoms with Crippen LogP contribution >= 0.6 is 11.3 Å². The highest BCUT2D eigenvalue weighted by Gasteiger charge is 2.41. The molecule has 0 radical (unpaired) electrons. The van der Waals surface area contributed by atoms with Crippen molar-refractivity contribution in [3.05, 3.63) is 40.9 Å². The number of aromatic nitrogens is 1. The Labute approximate surface area is 180 Å². The molecule has 2 heterocycles. The molecule has 7 nitrogen and oxygen atoms in total. The third-order valence-corrected chi connectivity index (χ3v) is 5.59. The van der Waals surface area contributed by atoms with E-state index < -0.39 is 12.1 Å². The van der Waals surface area contributed by atoms with E-state index in [-0.39, 0.29) is 31.3 Å². The molecule has 1 fully saturated rings. The lowest BCUT2D eigenvalue weighted by molar-refractivity contribution is -0.185. The number of amides is 3. The quantitative estimate of drug-likeness (QED) is 0.696. The second kappa shape index (κ2) is 9.46. The SMILES string of the molecule is CCN(Cc1cccc(NC(=O)Cc2csc(N3CCCC3=O)n2)c1)C(=O)C(F)(F)F. The summed E-state index contributed by atoms with van der Waals surface area (Å²) in [5.41, 5.74) is 1.39. The minimum Gasteiger partial charge on any atom is -0.331 e. The molecule has 2 aromatic rings. The monoisotopic (exact) mass is 454 g/mol. The van der Waals surface area contributed by atoms with Crippen molar-refractivity contribution in [1.82, 2.24) is 9.88 Å². The molecule has 3 amide bonds. The molecule has 0 bridgehead atoms. The van der Waals surface area contributed by atoms with Crippen LogP contribution in [0.1, 0.15) is 31.0 Å². The van der Waals surface area contributed by atoms with E-state index >= 15 is 0 Å². The highest BCUT2D eigenvalue weighted by atomic mass is 32.1. The second-order valence-corrected chi connectivity index (χ2v) is 7.85. The average Bonchev–Trinajstić information content (AvgIpc) is 3.33. The Morgan fingerprint density at radius 3 is 2.74 bits per heavy atom. The van der Waals surface area contributed by atoms with Gasteiger partial charge in [0.1, 0.15) is 0 Å². The van der Waals surface area contributed by atoms with E-state index in [9.17, 15) is 27.6 Å². The molecule has 0 unspecified atom stereocenters. The fourth-order valence-corrected chi connectivity index (χ4v) is 4.06. The van der Waals surface area contributed by atoms with Gasteiger partial charge in [0.05, 0.1) is 12.1 Å². The number of alkyl halides is 3. The van der Waals surface area contributed by atoms with Gasteiger partial charge in [-0.3, -0.25) is 19.3 Å². The largest absolute Gasteiger partial charge is 0.471 e. The number of anilines is 2. The molecule has 1 saturated heterocycles. The molecule has 1 aromatic heterocycles. The van der Waals surface area contributed by atoms with E-state index in [0.717, 1.165) is 6.42 Å². The number of carbonyl (C=O) groups excluding carboxylic acids is 3. The highest BCUT2D eigenvalue weighted by molar-refractivity contribution is 7.14. The minimum absolute atomic E-state index is 0.00357. The smallest absolute Gasteiger partial charge is 0.331 e. The van der Waals surface area contributed by atoms with Crippen LogP contribution in [0.3, 0.4) is 0 Å². The van der Waals surface area contributed by atoms with Crippen LogP contribution in [0.15, 0.2) is 29.6 Å². The third kappa shape index (κ3) is 5.81. The maximum Gasteiger partial charge on any atom is 0.471 e. The fraction of sp³-hybridized carbons (Fsp3) is 0.400. The number of nitrogens with zero attached hydrogens (tertiary/aromatic N) is 3. The van der Waals surface area contributed by atoms with E-state index in [4.69, 9.17) is 0 Å². The van der Waals surface area contributed by atoms with Gasteiger partial charge in [-0.2, -0.15) is 13.2 Å². The molecule has 1 N–H and O–H groups in total. The summed E-state index contributed by atoms with van der Waals surface area (Å²) < 4.78 is 38.1. The average molecular weight is 454 g/mol. The normalized spacial score (nSPS) is 14.1. The van der Waals surface area contributed by atoms with Gasteiger partial charge >= 0.3 is 12.1 Å². The standard InChI is InChI=1S/C20H21F3N4O3S/c1-2-26(18(30)20(21,22)23)11-13-5-3-6-14(9-13)24-16(28)10-15-12-31-19(25-15)27-8-4-7-17(27)29/h3,5-6,9,12H,2,4,7-8,10-11H2,1H3,(H,24,28). The van der Waals surface area contributed by atoms with Crippen molar-refractivity contribution in [3.63, 3.8) is 0 Å². The zero-order chi connectivity index (χ0) is 22.6. The van der Waals surface area contributed by atoms with E-state index in [0.29, 0.717) is 39.9 Å². The van der Waals surface area contributed by atoms with Crippen LogP contribution in [-0.4, -0.2) is 46.9 Å². The Bertz CT molecular complexity index is 977. The first kappa shape index (κ1) is 22.7. The third-order valence-electron chi connectivity index (χ3n) is 4.68. The van der Waals surface area contributed by atoms with Gasteiger partial charge in [0.2, 0.25) is 11.8 Å². The molecule has 0 saturated carbocycles. The van der Waals surface area contributed by atoms with Crippen LogP contribution in [-0.2, 0) is 27.3 Å². The van der Waals surface area contributed by atoms with Gasteiger partial charge in [0, 0.05) is 37.1 Å². The van der Waals surface area contributed by atoms with Gasteiger partial charge in [0.25, 0.3) is 0 Å². The van der Waals surface area contributed by atoms with Gasteiger partial charge < -0.3 is 10.2 Å². The number of halogens is 3. The maximum atomic E-state index is 12.7.